The Morgan fingerprint density at radius 1 is 1.09 bits per heavy atom. The molecule has 2 amide bonds. The van der Waals surface area contributed by atoms with Gasteiger partial charge in [-0.1, -0.05) is 32.0 Å². The maximum atomic E-state index is 13.1. The van der Waals surface area contributed by atoms with E-state index in [1.165, 1.54) is 31.4 Å². The lowest BCUT2D eigenvalue weighted by atomic mass is 10.0. The number of nitro groups is 1. The zero-order valence-corrected chi connectivity index (χ0v) is 17.8. The molecule has 0 fully saturated rings. The molecular formula is C23H22N2O7. The van der Waals surface area contributed by atoms with Crippen LogP contribution >= 0.6 is 0 Å². The first-order valence-corrected chi connectivity index (χ1v) is 9.91. The van der Waals surface area contributed by atoms with Crippen LogP contribution in [-0.4, -0.2) is 40.8 Å². The predicted molar refractivity (Wildman–Crippen MR) is 115 cm³/mol. The molecule has 0 bridgehead atoms. The number of benzene rings is 2. The number of carbonyl (C=O) groups excluding carboxylic acids is 3. The largest absolute Gasteiger partial charge is 0.493 e. The van der Waals surface area contributed by atoms with Crippen LogP contribution in [0, 0.1) is 16.0 Å². The van der Waals surface area contributed by atoms with Crippen LogP contribution in [0.1, 0.15) is 46.5 Å². The molecule has 0 aliphatic carbocycles. The van der Waals surface area contributed by atoms with E-state index in [2.05, 4.69) is 0 Å². The van der Waals surface area contributed by atoms with E-state index in [1.54, 1.807) is 24.3 Å². The monoisotopic (exact) mass is 438 g/mol. The second-order valence-corrected chi connectivity index (χ2v) is 7.60. The second kappa shape index (κ2) is 9.42. The normalized spacial score (nSPS) is 14.1. The minimum atomic E-state index is -1.12. The minimum Gasteiger partial charge on any atom is -0.493 e. The van der Waals surface area contributed by atoms with Crippen molar-refractivity contribution in [2.75, 3.05) is 7.11 Å². The second-order valence-electron chi connectivity index (χ2n) is 7.60. The van der Waals surface area contributed by atoms with Crippen molar-refractivity contribution < 1.29 is 28.8 Å². The Morgan fingerprint density at radius 2 is 1.72 bits per heavy atom. The highest BCUT2D eigenvalue weighted by molar-refractivity contribution is 6.22. The summed E-state index contributed by atoms with van der Waals surface area (Å²) in [6, 6.07) is 9.71. The molecule has 0 radical (unpaired) electrons. The predicted octanol–water partition coefficient (Wildman–Crippen LogP) is 3.56. The first kappa shape index (κ1) is 22.7. The molecular weight excluding hydrogens is 416 g/mol. The summed E-state index contributed by atoms with van der Waals surface area (Å²) in [4.78, 5) is 49.8. The van der Waals surface area contributed by atoms with E-state index in [0.29, 0.717) is 5.56 Å². The van der Waals surface area contributed by atoms with Crippen LogP contribution in [0.5, 0.6) is 11.5 Å². The summed E-state index contributed by atoms with van der Waals surface area (Å²) < 4.78 is 10.8. The fourth-order valence-electron chi connectivity index (χ4n) is 3.44. The van der Waals surface area contributed by atoms with Crippen molar-refractivity contribution in [3.05, 3.63) is 75.5 Å². The van der Waals surface area contributed by atoms with Gasteiger partial charge in [0.15, 0.2) is 11.5 Å². The van der Waals surface area contributed by atoms with Gasteiger partial charge in [-0.3, -0.25) is 24.6 Å². The van der Waals surface area contributed by atoms with Crippen molar-refractivity contribution in [3.63, 3.8) is 0 Å². The molecule has 32 heavy (non-hydrogen) atoms. The molecule has 1 unspecified atom stereocenters. The topological polar surface area (TPSA) is 116 Å². The van der Waals surface area contributed by atoms with Gasteiger partial charge < -0.3 is 9.47 Å². The van der Waals surface area contributed by atoms with Gasteiger partial charge >= 0.3 is 5.97 Å². The molecule has 1 aliphatic heterocycles. The number of amides is 2. The van der Waals surface area contributed by atoms with E-state index in [-0.39, 0.29) is 35.0 Å². The molecule has 2 aromatic carbocycles. The third kappa shape index (κ3) is 4.66. The summed E-state index contributed by atoms with van der Waals surface area (Å²) in [6.07, 6.45) is 2.27. The van der Waals surface area contributed by atoms with E-state index < -0.39 is 28.7 Å². The van der Waals surface area contributed by atoms with Crippen LogP contribution < -0.4 is 9.47 Å². The van der Waals surface area contributed by atoms with Crippen molar-refractivity contribution in [2.45, 2.75) is 26.3 Å². The van der Waals surface area contributed by atoms with Crippen molar-refractivity contribution in [1.82, 2.24) is 4.90 Å². The average molecular weight is 438 g/mol. The van der Waals surface area contributed by atoms with Gasteiger partial charge in [0.05, 0.1) is 23.2 Å². The summed E-state index contributed by atoms with van der Waals surface area (Å²) in [5.74, 6) is -1.62. The van der Waals surface area contributed by atoms with Crippen LogP contribution in [0.4, 0.5) is 0 Å². The van der Waals surface area contributed by atoms with Gasteiger partial charge in [-0.05, 0) is 42.2 Å². The molecule has 9 heteroatoms. The fourth-order valence-corrected chi connectivity index (χ4v) is 3.44. The molecule has 2 aromatic rings. The Bertz CT molecular complexity index is 1070. The number of imide groups is 1. The molecule has 0 spiro atoms. The van der Waals surface area contributed by atoms with E-state index in [9.17, 15) is 24.5 Å². The van der Waals surface area contributed by atoms with Gasteiger partial charge in [-0.25, -0.2) is 4.79 Å². The smallest absolute Gasteiger partial charge is 0.334 e. The highest BCUT2D eigenvalue weighted by atomic mass is 16.6. The fraction of sp³-hybridized carbons (Fsp3) is 0.261. The molecule has 9 nitrogen and oxygen atoms in total. The Labute approximate surface area is 184 Å². The lowest BCUT2D eigenvalue weighted by molar-refractivity contribution is -0.400. The van der Waals surface area contributed by atoms with Crippen LogP contribution in [0.2, 0.25) is 0 Å². The maximum absolute atomic E-state index is 13.1. The standard InChI is InChI=1S/C23H22N2O7/c1-14(2)12-18(25-21(26)16-6-4-5-7-17(16)22(25)27)23(28)32-19-9-8-15(10-11-24(29)30)13-20(19)31-3/h4-11,13-14,18H,12H2,1-3H3/b11-10+. The first-order valence-electron chi connectivity index (χ1n) is 9.91. The molecule has 3 rings (SSSR count). The summed E-state index contributed by atoms with van der Waals surface area (Å²) in [7, 11) is 1.36. The number of carbonyl (C=O) groups is 3. The third-order valence-electron chi connectivity index (χ3n) is 4.89. The van der Waals surface area contributed by atoms with Crippen LogP contribution in [0.15, 0.2) is 48.7 Å². The first-order chi connectivity index (χ1) is 15.2. The van der Waals surface area contributed by atoms with E-state index in [1.807, 2.05) is 13.8 Å². The quantitative estimate of drug-likeness (QED) is 0.203. The number of ether oxygens (including phenoxy) is 2. The molecule has 1 atom stereocenters. The molecule has 1 heterocycles. The minimum absolute atomic E-state index is 0.00611. The Balaban J connectivity index is 1.89. The number of rotatable bonds is 8. The summed E-state index contributed by atoms with van der Waals surface area (Å²) >= 11 is 0. The van der Waals surface area contributed by atoms with Gasteiger partial charge in [-0.2, -0.15) is 0 Å². The molecule has 166 valence electrons. The lowest BCUT2D eigenvalue weighted by Crippen LogP contribution is -2.47. The molecule has 1 aliphatic rings. The lowest BCUT2D eigenvalue weighted by Gasteiger charge is -2.26. The number of fused-ring (bicyclic) bond motifs is 1. The van der Waals surface area contributed by atoms with Crippen LogP contribution in [0.3, 0.4) is 0 Å². The Morgan fingerprint density at radius 3 is 2.25 bits per heavy atom. The zero-order chi connectivity index (χ0) is 23.4. The molecule has 0 saturated heterocycles. The summed E-state index contributed by atoms with van der Waals surface area (Å²) in [5, 5.41) is 10.5. The van der Waals surface area contributed by atoms with Crippen molar-refractivity contribution >= 4 is 23.9 Å². The Kier molecular flexibility index (Phi) is 6.67. The van der Waals surface area contributed by atoms with Gasteiger partial charge in [0, 0.05) is 6.08 Å². The summed E-state index contributed by atoms with van der Waals surface area (Å²) in [6.45, 7) is 3.74. The SMILES string of the molecule is COc1cc(/C=C/[N+](=O)[O-])ccc1OC(=O)C(CC(C)C)N1C(=O)c2ccccc2C1=O. The van der Waals surface area contributed by atoms with Gasteiger partial charge in [-0.15, -0.1) is 0 Å². The van der Waals surface area contributed by atoms with E-state index >= 15 is 0 Å². The average Bonchev–Trinajstić information content (AvgIpc) is 3.01. The number of methoxy groups -OCH3 is 1. The number of esters is 1. The van der Waals surface area contributed by atoms with E-state index in [4.69, 9.17) is 9.47 Å². The highest BCUT2D eigenvalue weighted by Crippen LogP contribution is 2.31. The number of hydrogen-bond acceptors (Lipinski definition) is 7. The highest BCUT2D eigenvalue weighted by Gasteiger charge is 2.43. The Hall–Kier alpha value is -4.01. The maximum Gasteiger partial charge on any atom is 0.334 e. The van der Waals surface area contributed by atoms with Crippen LogP contribution in [-0.2, 0) is 4.79 Å². The van der Waals surface area contributed by atoms with Gasteiger partial charge in [0.1, 0.15) is 6.04 Å². The number of hydrogen-bond donors (Lipinski definition) is 0. The number of nitrogens with zero attached hydrogens (tertiary/aromatic N) is 2. The molecule has 0 aromatic heterocycles. The third-order valence-corrected chi connectivity index (χ3v) is 4.89. The zero-order valence-electron chi connectivity index (χ0n) is 17.8. The summed E-state index contributed by atoms with van der Waals surface area (Å²) in [5.41, 5.74) is 0.967. The van der Waals surface area contributed by atoms with Crippen molar-refractivity contribution in [3.8, 4) is 11.5 Å². The molecule has 0 saturated carbocycles. The van der Waals surface area contributed by atoms with Crippen molar-refractivity contribution in [2.24, 2.45) is 5.92 Å². The van der Waals surface area contributed by atoms with Crippen molar-refractivity contribution in [1.29, 1.82) is 0 Å². The van der Waals surface area contributed by atoms with Gasteiger partial charge in [0.25, 0.3) is 11.8 Å². The van der Waals surface area contributed by atoms with Gasteiger partial charge in [0.2, 0.25) is 6.20 Å². The van der Waals surface area contributed by atoms with Crippen LogP contribution in [0.25, 0.3) is 6.08 Å². The molecule has 0 N–H and O–H groups in total. The van der Waals surface area contributed by atoms with E-state index in [0.717, 1.165) is 11.1 Å².